The molecule has 0 radical (unpaired) electrons. The lowest BCUT2D eigenvalue weighted by Gasteiger charge is -2.27. The van der Waals surface area contributed by atoms with E-state index in [1.807, 2.05) is 11.0 Å². The van der Waals surface area contributed by atoms with E-state index in [1.54, 1.807) is 6.08 Å². The van der Waals surface area contributed by atoms with Crippen molar-refractivity contribution < 1.29 is 4.79 Å². The summed E-state index contributed by atoms with van der Waals surface area (Å²) in [5, 5.41) is 0. The van der Waals surface area contributed by atoms with Gasteiger partial charge in [-0.1, -0.05) is 25.8 Å². The third-order valence-corrected chi connectivity index (χ3v) is 3.20. The molecular formula is C12H17NO. The highest BCUT2D eigenvalue weighted by Gasteiger charge is 2.23. The Balaban J connectivity index is 1.90. The number of hydrogen-bond acceptors (Lipinski definition) is 1. The molecule has 1 saturated carbocycles. The van der Waals surface area contributed by atoms with E-state index in [0.29, 0.717) is 5.92 Å². The molecular weight excluding hydrogens is 174 g/mol. The second-order valence-corrected chi connectivity index (χ2v) is 4.28. The average Bonchev–Trinajstić information content (AvgIpc) is 2.51. The van der Waals surface area contributed by atoms with E-state index < -0.39 is 0 Å². The summed E-state index contributed by atoms with van der Waals surface area (Å²) in [5.74, 6) is 0.810. The largest absolute Gasteiger partial charge is 0.309 e. The standard InChI is InChI=1S/C12H17NO/c1-10-7-8-12(14)13(10)9-11-5-3-2-4-6-11/h7-8,11H,1-6,9H2. The van der Waals surface area contributed by atoms with Crippen molar-refractivity contribution in [3.8, 4) is 0 Å². The van der Waals surface area contributed by atoms with Crippen LogP contribution >= 0.6 is 0 Å². The van der Waals surface area contributed by atoms with Crippen LogP contribution in [0.3, 0.4) is 0 Å². The molecule has 2 aliphatic rings. The monoisotopic (exact) mass is 191 g/mol. The van der Waals surface area contributed by atoms with Crippen LogP contribution in [0.25, 0.3) is 0 Å². The van der Waals surface area contributed by atoms with Gasteiger partial charge >= 0.3 is 0 Å². The van der Waals surface area contributed by atoms with Gasteiger partial charge in [-0.15, -0.1) is 0 Å². The van der Waals surface area contributed by atoms with Crippen molar-refractivity contribution in [1.29, 1.82) is 0 Å². The summed E-state index contributed by atoms with van der Waals surface area (Å²) in [5.41, 5.74) is 0.862. The SMILES string of the molecule is C=C1C=CC(=O)N1CC1CCCCC1. The highest BCUT2D eigenvalue weighted by Crippen LogP contribution is 2.26. The maximum atomic E-state index is 11.4. The normalized spacial score (nSPS) is 23.6. The molecule has 2 rings (SSSR count). The van der Waals surface area contributed by atoms with Gasteiger partial charge in [-0.25, -0.2) is 0 Å². The van der Waals surface area contributed by atoms with E-state index in [9.17, 15) is 4.79 Å². The summed E-state index contributed by atoms with van der Waals surface area (Å²) in [6, 6.07) is 0. The van der Waals surface area contributed by atoms with Crippen LogP contribution in [0.5, 0.6) is 0 Å². The summed E-state index contributed by atoms with van der Waals surface area (Å²) < 4.78 is 0. The van der Waals surface area contributed by atoms with Crippen LogP contribution in [-0.2, 0) is 4.79 Å². The fraction of sp³-hybridized carbons (Fsp3) is 0.583. The molecule has 0 N–H and O–H groups in total. The lowest BCUT2D eigenvalue weighted by Crippen LogP contribution is -2.30. The second-order valence-electron chi connectivity index (χ2n) is 4.28. The molecule has 0 saturated heterocycles. The van der Waals surface area contributed by atoms with Gasteiger partial charge in [-0.05, 0) is 24.8 Å². The van der Waals surface area contributed by atoms with Gasteiger partial charge in [0.05, 0.1) is 0 Å². The number of amides is 1. The first kappa shape index (κ1) is 9.50. The van der Waals surface area contributed by atoms with Crippen molar-refractivity contribution in [2.24, 2.45) is 5.92 Å². The predicted octanol–water partition coefficient (Wildman–Crippen LogP) is 2.48. The summed E-state index contributed by atoms with van der Waals surface area (Å²) in [6.45, 7) is 4.75. The molecule has 76 valence electrons. The molecule has 1 fully saturated rings. The van der Waals surface area contributed by atoms with Crippen LogP contribution in [0, 0.1) is 5.92 Å². The molecule has 1 aliphatic heterocycles. The smallest absolute Gasteiger partial charge is 0.251 e. The second kappa shape index (κ2) is 3.99. The summed E-state index contributed by atoms with van der Waals surface area (Å²) in [7, 11) is 0. The average molecular weight is 191 g/mol. The Labute approximate surface area is 85.3 Å². The highest BCUT2D eigenvalue weighted by molar-refractivity contribution is 5.92. The third kappa shape index (κ3) is 1.89. The first-order valence-electron chi connectivity index (χ1n) is 5.46. The van der Waals surface area contributed by atoms with E-state index >= 15 is 0 Å². The lowest BCUT2D eigenvalue weighted by molar-refractivity contribution is -0.123. The Kier molecular flexibility index (Phi) is 2.71. The number of carbonyl (C=O) groups is 1. The first-order chi connectivity index (χ1) is 6.77. The molecule has 0 atom stereocenters. The van der Waals surface area contributed by atoms with Gasteiger partial charge in [0, 0.05) is 18.3 Å². The molecule has 0 aromatic heterocycles. The Hall–Kier alpha value is -1.05. The summed E-state index contributed by atoms with van der Waals surface area (Å²) >= 11 is 0. The fourth-order valence-corrected chi connectivity index (χ4v) is 2.32. The maximum Gasteiger partial charge on any atom is 0.251 e. The van der Waals surface area contributed by atoms with Crippen molar-refractivity contribution >= 4 is 5.91 Å². The van der Waals surface area contributed by atoms with Gasteiger partial charge < -0.3 is 4.90 Å². The summed E-state index contributed by atoms with van der Waals surface area (Å²) in [4.78, 5) is 13.3. The van der Waals surface area contributed by atoms with Crippen LogP contribution < -0.4 is 0 Å². The molecule has 2 nitrogen and oxygen atoms in total. The van der Waals surface area contributed by atoms with Crippen LogP contribution in [0.1, 0.15) is 32.1 Å². The molecule has 0 bridgehead atoms. The maximum absolute atomic E-state index is 11.4. The Morgan fingerprint density at radius 2 is 2.00 bits per heavy atom. The fourth-order valence-electron chi connectivity index (χ4n) is 2.32. The number of allylic oxidation sites excluding steroid dienone is 1. The van der Waals surface area contributed by atoms with Crippen molar-refractivity contribution in [3.63, 3.8) is 0 Å². The van der Waals surface area contributed by atoms with Crippen molar-refractivity contribution in [1.82, 2.24) is 4.90 Å². The number of nitrogens with zero attached hydrogens (tertiary/aromatic N) is 1. The Bertz CT molecular complexity index is 256. The molecule has 0 spiro atoms. The van der Waals surface area contributed by atoms with E-state index in [4.69, 9.17) is 0 Å². The number of carbonyl (C=O) groups excluding carboxylic acids is 1. The topological polar surface area (TPSA) is 20.3 Å². The lowest BCUT2D eigenvalue weighted by atomic mass is 9.89. The van der Waals surface area contributed by atoms with E-state index in [2.05, 4.69) is 6.58 Å². The van der Waals surface area contributed by atoms with Crippen molar-refractivity contribution in [2.75, 3.05) is 6.54 Å². The van der Waals surface area contributed by atoms with Crippen LogP contribution in [0.4, 0.5) is 0 Å². The minimum Gasteiger partial charge on any atom is -0.309 e. The van der Waals surface area contributed by atoms with Gasteiger partial charge in [-0.3, -0.25) is 4.79 Å². The minimum atomic E-state index is 0.112. The molecule has 2 heteroatoms. The van der Waals surface area contributed by atoms with E-state index in [0.717, 1.165) is 12.2 Å². The predicted molar refractivity (Wildman–Crippen MR) is 56.6 cm³/mol. The van der Waals surface area contributed by atoms with E-state index in [-0.39, 0.29) is 5.91 Å². The molecule has 14 heavy (non-hydrogen) atoms. The highest BCUT2D eigenvalue weighted by atomic mass is 16.2. The van der Waals surface area contributed by atoms with Gasteiger partial charge in [0.15, 0.2) is 0 Å². The summed E-state index contributed by atoms with van der Waals surface area (Å²) in [6.07, 6.45) is 9.99. The van der Waals surface area contributed by atoms with Crippen molar-refractivity contribution in [3.05, 3.63) is 24.4 Å². The van der Waals surface area contributed by atoms with Gasteiger partial charge in [-0.2, -0.15) is 0 Å². The third-order valence-electron chi connectivity index (χ3n) is 3.20. The Morgan fingerprint density at radius 1 is 1.29 bits per heavy atom. The van der Waals surface area contributed by atoms with Crippen LogP contribution in [-0.4, -0.2) is 17.4 Å². The number of hydrogen-bond donors (Lipinski definition) is 0. The zero-order chi connectivity index (χ0) is 9.97. The zero-order valence-corrected chi connectivity index (χ0v) is 8.54. The van der Waals surface area contributed by atoms with Gasteiger partial charge in [0.2, 0.25) is 0 Å². The molecule has 1 aliphatic carbocycles. The zero-order valence-electron chi connectivity index (χ0n) is 8.54. The van der Waals surface area contributed by atoms with E-state index in [1.165, 1.54) is 32.1 Å². The minimum absolute atomic E-state index is 0.112. The molecule has 0 aromatic carbocycles. The number of rotatable bonds is 2. The van der Waals surface area contributed by atoms with Gasteiger partial charge in [0.1, 0.15) is 0 Å². The quantitative estimate of drug-likeness (QED) is 0.656. The van der Waals surface area contributed by atoms with Crippen molar-refractivity contribution in [2.45, 2.75) is 32.1 Å². The molecule has 1 heterocycles. The van der Waals surface area contributed by atoms with Crippen LogP contribution in [0.15, 0.2) is 24.4 Å². The van der Waals surface area contributed by atoms with Crippen LogP contribution in [0.2, 0.25) is 0 Å². The van der Waals surface area contributed by atoms with Gasteiger partial charge in [0.25, 0.3) is 5.91 Å². The molecule has 1 amide bonds. The molecule has 0 aromatic rings. The Morgan fingerprint density at radius 3 is 2.57 bits per heavy atom. The molecule has 0 unspecified atom stereocenters. The first-order valence-corrected chi connectivity index (χ1v) is 5.46.